The van der Waals surface area contributed by atoms with Crippen LogP contribution < -0.4 is 0 Å². The molecule has 0 rings (SSSR count). The summed E-state index contributed by atoms with van der Waals surface area (Å²) in [6.45, 7) is 6.78. The summed E-state index contributed by atoms with van der Waals surface area (Å²) in [5.74, 6) is -5.22. The molecule has 1 atom stereocenters. The van der Waals surface area contributed by atoms with Crippen LogP contribution in [0.2, 0.25) is 0 Å². The third-order valence-electron chi connectivity index (χ3n) is 5.55. The molecule has 0 amide bonds. The SMILES string of the molecule is CCCCCCCCOC(CCCCCCC)C(O)(O)C(O)(O)CCCCC. The van der Waals surface area contributed by atoms with Gasteiger partial charge in [0.05, 0.1) is 0 Å². The van der Waals surface area contributed by atoms with Gasteiger partial charge in [-0.05, 0) is 19.3 Å². The molecule has 28 heavy (non-hydrogen) atoms. The molecular weight excluding hydrogens is 356 g/mol. The summed E-state index contributed by atoms with van der Waals surface area (Å²) in [4.78, 5) is 0. The Morgan fingerprint density at radius 3 is 1.64 bits per heavy atom. The molecule has 0 aliphatic rings. The first kappa shape index (κ1) is 27.8. The van der Waals surface area contributed by atoms with Crippen molar-refractivity contribution in [3.05, 3.63) is 0 Å². The maximum Gasteiger partial charge on any atom is 0.245 e. The molecule has 0 saturated heterocycles. The van der Waals surface area contributed by atoms with Gasteiger partial charge >= 0.3 is 0 Å². The molecule has 0 spiro atoms. The second kappa shape index (κ2) is 16.6. The third kappa shape index (κ3) is 11.7. The summed E-state index contributed by atoms with van der Waals surface area (Å²) in [5.41, 5.74) is 0. The topological polar surface area (TPSA) is 90.2 Å². The first-order valence-corrected chi connectivity index (χ1v) is 11.8. The van der Waals surface area contributed by atoms with Gasteiger partial charge in [-0.25, -0.2) is 0 Å². The van der Waals surface area contributed by atoms with Crippen molar-refractivity contribution in [1.82, 2.24) is 0 Å². The Balaban J connectivity index is 4.65. The summed E-state index contributed by atoms with van der Waals surface area (Å²) < 4.78 is 5.79. The van der Waals surface area contributed by atoms with E-state index in [1.165, 1.54) is 19.3 Å². The van der Waals surface area contributed by atoms with E-state index in [1.807, 2.05) is 6.92 Å². The van der Waals surface area contributed by atoms with Crippen LogP contribution in [-0.2, 0) is 4.74 Å². The summed E-state index contributed by atoms with van der Waals surface area (Å²) in [5, 5.41) is 41.9. The van der Waals surface area contributed by atoms with E-state index in [-0.39, 0.29) is 6.42 Å². The molecule has 0 aromatic carbocycles. The fourth-order valence-electron chi connectivity index (χ4n) is 3.51. The van der Waals surface area contributed by atoms with Crippen LogP contribution in [0.5, 0.6) is 0 Å². The molecule has 5 heteroatoms. The van der Waals surface area contributed by atoms with Gasteiger partial charge in [0.25, 0.3) is 0 Å². The Kier molecular flexibility index (Phi) is 16.5. The summed E-state index contributed by atoms with van der Waals surface area (Å²) in [7, 11) is 0. The van der Waals surface area contributed by atoms with E-state index in [0.29, 0.717) is 19.4 Å². The van der Waals surface area contributed by atoms with E-state index in [2.05, 4.69) is 13.8 Å². The van der Waals surface area contributed by atoms with Crippen molar-refractivity contribution in [2.24, 2.45) is 0 Å². The van der Waals surface area contributed by atoms with Crippen LogP contribution in [0, 0.1) is 0 Å². The molecule has 0 aromatic rings. The highest BCUT2D eigenvalue weighted by molar-refractivity contribution is 4.89. The molecule has 1 unspecified atom stereocenters. The smallest absolute Gasteiger partial charge is 0.245 e. The number of ether oxygens (including phenoxy) is 1. The van der Waals surface area contributed by atoms with Crippen molar-refractivity contribution in [3.63, 3.8) is 0 Å². The number of hydrogen-bond acceptors (Lipinski definition) is 5. The standard InChI is InChI=1S/C23H48O5/c1-4-7-10-12-14-17-20-28-21(18-15-13-11-8-5-2)23(26,27)22(24,25)19-16-9-6-3/h21,24-27H,4-20H2,1-3H3. The van der Waals surface area contributed by atoms with Crippen molar-refractivity contribution in [2.75, 3.05) is 6.61 Å². The Hall–Kier alpha value is -0.200. The lowest BCUT2D eigenvalue weighted by Gasteiger charge is -2.40. The second-order valence-electron chi connectivity index (χ2n) is 8.33. The van der Waals surface area contributed by atoms with Crippen LogP contribution in [0.1, 0.15) is 124 Å². The predicted molar refractivity (Wildman–Crippen MR) is 115 cm³/mol. The van der Waals surface area contributed by atoms with Crippen molar-refractivity contribution < 1.29 is 25.2 Å². The van der Waals surface area contributed by atoms with Crippen LogP contribution in [0.4, 0.5) is 0 Å². The first-order valence-electron chi connectivity index (χ1n) is 11.8. The minimum atomic E-state index is -2.66. The van der Waals surface area contributed by atoms with Gasteiger partial charge in [-0.1, -0.05) is 97.8 Å². The van der Waals surface area contributed by atoms with E-state index >= 15 is 0 Å². The number of aliphatic hydroxyl groups is 4. The van der Waals surface area contributed by atoms with Crippen molar-refractivity contribution in [2.45, 2.75) is 141 Å². The molecule has 5 nitrogen and oxygen atoms in total. The third-order valence-corrected chi connectivity index (χ3v) is 5.55. The largest absolute Gasteiger partial charge is 0.372 e. The lowest BCUT2D eigenvalue weighted by Crippen LogP contribution is -2.62. The molecule has 0 fully saturated rings. The fraction of sp³-hybridized carbons (Fsp3) is 1.00. The normalized spacial score (nSPS) is 13.8. The average molecular weight is 405 g/mol. The van der Waals surface area contributed by atoms with Gasteiger partial charge in [0.2, 0.25) is 11.6 Å². The fourth-order valence-corrected chi connectivity index (χ4v) is 3.51. The summed E-state index contributed by atoms with van der Waals surface area (Å²) in [6, 6.07) is 0. The van der Waals surface area contributed by atoms with Crippen LogP contribution in [0.3, 0.4) is 0 Å². The highest BCUT2D eigenvalue weighted by atomic mass is 16.6. The molecule has 0 heterocycles. The quantitative estimate of drug-likeness (QED) is 0.169. The lowest BCUT2D eigenvalue weighted by atomic mass is 9.91. The number of rotatable bonds is 20. The summed E-state index contributed by atoms with van der Waals surface area (Å²) in [6.07, 6.45) is 13.6. The molecule has 0 saturated carbocycles. The van der Waals surface area contributed by atoms with Crippen LogP contribution >= 0.6 is 0 Å². The van der Waals surface area contributed by atoms with Gasteiger partial charge in [-0.3, -0.25) is 0 Å². The molecule has 0 bridgehead atoms. The van der Waals surface area contributed by atoms with Gasteiger partial charge in [0.1, 0.15) is 6.10 Å². The maximum atomic E-state index is 10.6. The van der Waals surface area contributed by atoms with E-state index in [4.69, 9.17) is 4.74 Å². The van der Waals surface area contributed by atoms with Crippen molar-refractivity contribution in [3.8, 4) is 0 Å². The molecule has 0 aromatic heterocycles. The minimum Gasteiger partial charge on any atom is -0.372 e. The van der Waals surface area contributed by atoms with Gasteiger partial charge < -0.3 is 25.2 Å². The van der Waals surface area contributed by atoms with Gasteiger partial charge in [-0.2, -0.15) is 0 Å². The monoisotopic (exact) mass is 404 g/mol. The van der Waals surface area contributed by atoms with E-state index in [0.717, 1.165) is 64.2 Å². The van der Waals surface area contributed by atoms with Gasteiger partial charge in [-0.15, -0.1) is 0 Å². The summed E-state index contributed by atoms with van der Waals surface area (Å²) >= 11 is 0. The highest BCUT2D eigenvalue weighted by Crippen LogP contribution is 2.31. The average Bonchev–Trinajstić information content (AvgIpc) is 2.65. The first-order chi connectivity index (χ1) is 13.3. The predicted octanol–water partition coefficient (Wildman–Crippen LogP) is 5.03. The van der Waals surface area contributed by atoms with Crippen LogP contribution in [0.25, 0.3) is 0 Å². The Labute approximate surface area is 173 Å². The molecular formula is C23H48O5. The molecule has 170 valence electrons. The minimum absolute atomic E-state index is 0.0689. The molecule has 0 aliphatic heterocycles. The number of unbranched alkanes of at least 4 members (excludes halogenated alkanes) is 11. The second-order valence-corrected chi connectivity index (χ2v) is 8.33. The van der Waals surface area contributed by atoms with Gasteiger partial charge in [0, 0.05) is 13.0 Å². The van der Waals surface area contributed by atoms with Crippen molar-refractivity contribution in [1.29, 1.82) is 0 Å². The van der Waals surface area contributed by atoms with Crippen molar-refractivity contribution >= 4 is 0 Å². The molecule has 4 N–H and O–H groups in total. The Morgan fingerprint density at radius 1 is 0.607 bits per heavy atom. The van der Waals surface area contributed by atoms with Gasteiger partial charge in [0.15, 0.2) is 0 Å². The maximum absolute atomic E-state index is 10.6. The van der Waals surface area contributed by atoms with E-state index in [1.54, 1.807) is 0 Å². The molecule has 0 radical (unpaired) electrons. The highest BCUT2D eigenvalue weighted by Gasteiger charge is 2.52. The van der Waals surface area contributed by atoms with Crippen LogP contribution in [0.15, 0.2) is 0 Å². The zero-order valence-corrected chi connectivity index (χ0v) is 18.8. The zero-order chi connectivity index (χ0) is 21.3. The van der Waals surface area contributed by atoms with E-state index in [9.17, 15) is 20.4 Å². The zero-order valence-electron chi connectivity index (χ0n) is 18.8. The van der Waals surface area contributed by atoms with Crippen LogP contribution in [-0.4, -0.2) is 44.7 Å². The van der Waals surface area contributed by atoms with E-state index < -0.39 is 17.7 Å². The number of hydrogen-bond donors (Lipinski definition) is 4. The molecule has 0 aliphatic carbocycles. The lowest BCUT2D eigenvalue weighted by molar-refractivity contribution is -0.391. The Bertz CT molecular complexity index is 344. The Morgan fingerprint density at radius 2 is 1.07 bits per heavy atom.